The zero-order valence-corrected chi connectivity index (χ0v) is 16.3. The molecule has 4 heteroatoms. The van der Waals surface area contributed by atoms with Crippen LogP contribution in [0, 0.1) is 6.92 Å². The van der Waals surface area contributed by atoms with Crippen molar-refractivity contribution in [2.75, 3.05) is 19.0 Å². The van der Waals surface area contributed by atoms with Crippen LogP contribution in [0.4, 0.5) is 5.69 Å². The number of fused-ring (bicyclic) bond motifs is 2. The Morgan fingerprint density at radius 2 is 1.71 bits per heavy atom. The molecule has 1 atom stereocenters. The van der Waals surface area contributed by atoms with Crippen LogP contribution in [0.25, 0.3) is 0 Å². The minimum atomic E-state index is -0.332. The number of aryl methyl sites for hydroxylation is 1. The van der Waals surface area contributed by atoms with Gasteiger partial charge in [0, 0.05) is 35.3 Å². The zero-order valence-electron chi connectivity index (χ0n) is 16.3. The highest BCUT2D eigenvalue weighted by Gasteiger charge is 2.31. The fourth-order valence-electron chi connectivity index (χ4n) is 3.81. The van der Waals surface area contributed by atoms with Gasteiger partial charge in [0.1, 0.15) is 11.5 Å². The summed E-state index contributed by atoms with van der Waals surface area (Å²) >= 11 is 0. The van der Waals surface area contributed by atoms with Crippen LogP contribution in [0.5, 0.6) is 11.5 Å². The van der Waals surface area contributed by atoms with Gasteiger partial charge < -0.3 is 14.8 Å². The molecule has 3 aromatic carbocycles. The van der Waals surface area contributed by atoms with Crippen LogP contribution in [-0.4, -0.2) is 19.6 Å². The third-order valence-electron chi connectivity index (χ3n) is 5.08. The highest BCUT2D eigenvalue weighted by molar-refractivity contribution is 5.92. The largest absolute Gasteiger partial charge is 0.465 e. The fraction of sp³-hybridized carbons (Fsp3) is 0.208. The number of carbonyl (C=O) groups is 1. The summed E-state index contributed by atoms with van der Waals surface area (Å²) in [5, 5.41) is 3.33. The van der Waals surface area contributed by atoms with E-state index in [4.69, 9.17) is 9.47 Å². The van der Waals surface area contributed by atoms with Gasteiger partial charge in [0.2, 0.25) is 0 Å². The van der Waals surface area contributed by atoms with E-state index in [2.05, 4.69) is 36.5 Å². The van der Waals surface area contributed by atoms with E-state index in [1.807, 2.05) is 43.3 Å². The molecule has 0 radical (unpaired) electrons. The molecule has 0 aliphatic carbocycles. The molecule has 3 aromatic rings. The number of esters is 1. The van der Waals surface area contributed by atoms with E-state index in [9.17, 15) is 4.79 Å². The molecule has 0 saturated carbocycles. The molecule has 4 rings (SSSR count). The van der Waals surface area contributed by atoms with Crippen molar-refractivity contribution >= 4 is 11.7 Å². The smallest absolute Gasteiger partial charge is 0.338 e. The van der Waals surface area contributed by atoms with Crippen LogP contribution >= 0.6 is 0 Å². The number of rotatable bonds is 4. The molecule has 1 heterocycles. The quantitative estimate of drug-likeness (QED) is 0.480. The minimum Gasteiger partial charge on any atom is -0.465 e. The van der Waals surface area contributed by atoms with Crippen molar-refractivity contribution in [2.45, 2.75) is 19.8 Å². The topological polar surface area (TPSA) is 47.6 Å². The molecule has 28 heavy (non-hydrogen) atoms. The van der Waals surface area contributed by atoms with Crippen molar-refractivity contribution in [1.29, 1.82) is 0 Å². The Kier molecular flexibility index (Phi) is 4.78. The number of hydrogen-bond acceptors (Lipinski definition) is 4. The van der Waals surface area contributed by atoms with Crippen molar-refractivity contribution in [3.8, 4) is 11.5 Å². The molecule has 4 nitrogen and oxygen atoms in total. The number of hydrogen-bond donors (Lipinski definition) is 1. The Morgan fingerprint density at radius 1 is 1.00 bits per heavy atom. The molecule has 1 aliphatic heterocycles. The molecule has 0 bridgehead atoms. The summed E-state index contributed by atoms with van der Waals surface area (Å²) in [5.74, 6) is 1.19. The maximum Gasteiger partial charge on any atom is 0.338 e. The number of methoxy groups -OCH3 is 1. The van der Waals surface area contributed by atoms with E-state index in [0.717, 1.165) is 46.0 Å². The summed E-state index contributed by atoms with van der Waals surface area (Å²) in [4.78, 5) is 12.4. The van der Waals surface area contributed by atoms with Gasteiger partial charge in [-0.1, -0.05) is 36.4 Å². The number of benzene rings is 3. The molecule has 0 amide bonds. The lowest BCUT2D eigenvalue weighted by atomic mass is 9.80. The molecule has 1 N–H and O–H groups in total. The normalized spacial score (nSPS) is 14.5. The monoisotopic (exact) mass is 373 g/mol. The molecule has 0 spiro atoms. The highest BCUT2D eigenvalue weighted by atomic mass is 16.5. The van der Waals surface area contributed by atoms with Crippen LogP contribution in [0.3, 0.4) is 0 Å². The SMILES string of the molecule is CCNc1ccc2c(c1)Oc1cc(C)ccc1C2c1ccccc1C(=O)OC. The van der Waals surface area contributed by atoms with E-state index >= 15 is 0 Å². The van der Waals surface area contributed by atoms with E-state index in [1.165, 1.54) is 7.11 Å². The Hall–Kier alpha value is -3.27. The van der Waals surface area contributed by atoms with Crippen molar-refractivity contribution in [1.82, 2.24) is 0 Å². The fourth-order valence-corrected chi connectivity index (χ4v) is 3.81. The van der Waals surface area contributed by atoms with Crippen molar-refractivity contribution in [3.05, 3.63) is 88.5 Å². The average molecular weight is 373 g/mol. The van der Waals surface area contributed by atoms with Gasteiger partial charge in [-0.25, -0.2) is 4.79 Å². The van der Waals surface area contributed by atoms with E-state index in [1.54, 1.807) is 0 Å². The molecule has 0 saturated heterocycles. The molecule has 142 valence electrons. The van der Waals surface area contributed by atoms with Crippen molar-refractivity contribution in [2.24, 2.45) is 0 Å². The molecule has 0 aromatic heterocycles. The maximum atomic E-state index is 12.4. The lowest BCUT2D eigenvalue weighted by Gasteiger charge is -2.30. The Labute approximate surface area is 165 Å². The second kappa shape index (κ2) is 7.39. The predicted molar refractivity (Wildman–Crippen MR) is 111 cm³/mol. The van der Waals surface area contributed by atoms with Crippen molar-refractivity contribution in [3.63, 3.8) is 0 Å². The predicted octanol–water partition coefficient (Wildman–Crippen LogP) is 5.50. The first kappa shape index (κ1) is 18.1. The number of nitrogens with one attached hydrogen (secondary N) is 1. The van der Waals surface area contributed by atoms with Gasteiger partial charge >= 0.3 is 5.97 Å². The summed E-state index contributed by atoms with van der Waals surface area (Å²) in [7, 11) is 1.41. The number of ether oxygens (including phenoxy) is 2. The van der Waals surface area contributed by atoms with Gasteiger partial charge in [0.25, 0.3) is 0 Å². The van der Waals surface area contributed by atoms with Gasteiger partial charge in [-0.3, -0.25) is 0 Å². The third-order valence-corrected chi connectivity index (χ3v) is 5.08. The molecular weight excluding hydrogens is 350 g/mol. The van der Waals surface area contributed by atoms with Gasteiger partial charge in [0.15, 0.2) is 0 Å². The third kappa shape index (κ3) is 3.11. The lowest BCUT2D eigenvalue weighted by molar-refractivity contribution is 0.0599. The second-order valence-corrected chi connectivity index (χ2v) is 6.94. The molecule has 1 aliphatic rings. The summed E-state index contributed by atoms with van der Waals surface area (Å²) in [6.07, 6.45) is 0. The lowest BCUT2D eigenvalue weighted by Crippen LogP contribution is -2.16. The number of carbonyl (C=O) groups excluding carboxylic acids is 1. The van der Waals surface area contributed by atoms with Gasteiger partial charge in [-0.05, 0) is 43.2 Å². The van der Waals surface area contributed by atoms with E-state index < -0.39 is 0 Å². The maximum absolute atomic E-state index is 12.4. The molecular formula is C24H23NO3. The zero-order chi connectivity index (χ0) is 19.7. The van der Waals surface area contributed by atoms with E-state index in [0.29, 0.717) is 5.56 Å². The first-order chi connectivity index (χ1) is 13.6. The Balaban J connectivity index is 1.94. The summed E-state index contributed by atoms with van der Waals surface area (Å²) in [6, 6.07) is 20.0. The molecule has 0 fully saturated rings. The minimum absolute atomic E-state index is 0.106. The van der Waals surface area contributed by atoms with Gasteiger partial charge in [-0.15, -0.1) is 0 Å². The van der Waals surface area contributed by atoms with Crippen molar-refractivity contribution < 1.29 is 14.3 Å². The first-order valence-electron chi connectivity index (χ1n) is 9.45. The van der Waals surface area contributed by atoms with Gasteiger partial charge in [-0.2, -0.15) is 0 Å². The molecule has 1 unspecified atom stereocenters. The van der Waals surface area contributed by atoms with Crippen LogP contribution in [0.2, 0.25) is 0 Å². The highest BCUT2D eigenvalue weighted by Crippen LogP contribution is 2.49. The Bertz CT molecular complexity index is 1040. The first-order valence-corrected chi connectivity index (χ1v) is 9.45. The Morgan fingerprint density at radius 3 is 2.46 bits per heavy atom. The van der Waals surface area contributed by atoms with E-state index in [-0.39, 0.29) is 11.9 Å². The summed E-state index contributed by atoms with van der Waals surface area (Å²) < 4.78 is 11.3. The summed E-state index contributed by atoms with van der Waals surface area (Å²) in [6.45, 7) is 4.95. The van der Waals surface area contributed by atoms with Crippen LogP contribution in [0.1, 0.15) is 45.5 Å². The van der Waals surface area contributed by atoms with Gasteiger partial charge in [0.05, 0.1) is 12.7 Å². The van der Waals surface area contributed by atoms with Crippen LogP contribution < -0.4 is 10.1 Å². The standard InChI is InChI=1S/C24H23NO3/c1-4-25-16-10-12-20-22(14-16)28-21-13-15(2)9-11-19(21)23(20)17-7-5-6-8-18(17)24(26)27-3/h5-14,23,25H,4H2,1-3H3. The van der Waals surface area contributed by atoms with Crippen LogP contribution in [-0.2, 0) is 4.74 Å². The van der Waals surface area contributed by atoms with Crippen LogP contribution in [0.15, 0.2) is 60.7 Å². The average Bonchev–Trinajstić information content (AvgIpc) is 2.71. The summed E-state index contributed by atoms with van der Waals surface area (Å²) in [5.41, 5.74) is 5.72. The number of anilines is 1. The second-order valence-electron chi connectivity index (χ2n) is 6.94.